The van der Waals surface area contributed by atoms with Crippen LogP contribution in [0.4, 0.5) is 10.5 Å². The van der Waals surface area contributed by atoms with Crippen LogP contribution in [0, 0.1) is 6.92 Å². The van der Waals surface area contributed by atoms with Crippen LogP contribution in [0.3, 0.4) is 0 Å². The van der Waals surface area contributed by atoms with E-state index in [-0.39, 0.29) is 24.2 Å². The van der Waals surface area contributed by atoms with E-state index in [2.05, 4.69) is 4.98 Å². The van der Waals surface area contributed by atoms with Crippen LogP contribution in [0.5, 0.6) is 0 Å². The molecule has 156 valence electrons. The van der Waals surface area contributed by atoms with Crippen molar-refractivity contribution in [2.24, 2.45) is 0 Å². The van der Waals surface area contributed by atoms with Crippen LogP contribution in [0.1, 0.15) is 49.8 Å². The summed E-state index contributed by atoms with van der Waals surface area (Å²) in [4.78, 5) is 20.1. The van der Waals surface area contributed by atoms with E-state index in [9.17, 15) is 9.90 Å². The number of pyridine rings is 1. The summed E-state index contributed by atoms with van der Waals surface area (Å²) in [6, 6.07) is 5.24. The van der Waals surface area contributed by atoms with Crippen LogP contribution in [0.15, 0.2) is 28.9 Å². The Labute approximate surface area is 179 Å². The summed E-state index contributed by atoms with van der Waals surface area (Å²) in [6.45, 7) is 9.59. The normalized spacial score (nSPS) is 12.9. The number of nitrogens with zero attached hydrogens (tertiary/aromatic N) is 2. The number of anilines is 1. The van der Waals surface area contributed by atoms with Gasteiger partial charge in [-0.2, -0.15) is 0 Å². The van der Waals surface area contributed by atoms with Crippen molar-refractivity contribution in [2.75, 3.05) is 11.5 Å². The molecular weight excluding hydrogens is 412 g/mol. The van der Waals surface area contributed by atoms with Crippen molar-refractivity contribution in [1.82, 2.24) is 4.98 Å². The van der Waals surface area contributed by atoms with Gasteiger partial charge in [0.15, 0.2) is 0 Å². The summed E-state index contributed by atoms with van der Waals surface area (Å²) in [5.74, 6) is 0.579. The predicted octanol–water partition coefficient (Wildman–Crippen LogP) is 5.89. The summed E-state index contributed by atoms with van der Waals surface area (Å²) < 4.78 is 11.9. The molecule has 3 heterocycles. The number of thiophene rings is 1. The molecule has 0 aromatic carbocycles. The van der Waals surface area contributed by atoms with Crippen LogP contribution < -0.4 is 4.90 Å². The minimum Gasteiger partial charge on any atom is -0.467 e. The van der Waals surface area contributed by atoms with Gasteiger partial charge in [-0.3, -0.25) is 4.90 Å². The van der Waals surface area contributed by atoms with Gasteiger partial charge in [0.1, 0.15) is 16.5 Å². The smallest absolute Gasteiger partial charge is 0.415 e. The lowest BCUT2D eigenvalue weighted by Crippen LogP contribution is -2.36. The first-order valence-electron chi connectivity index (χ1n) is 9.34. The van der Waals surface area contributed by atoms with Crippen molar-refractivity contribution in [1.29, 1.82) is 0 Å². The van der Waals surface area contributed by atoms with Gasteiger partial charge in [-0.25, -0.2) is 9.78 Å². The summed E-state index contributed by atoms with van der Waals surface area (Å²) in [6.07, 6.45) is 1.06. The van der Waals surface area contributed by atoms with Gasteiger partial charge in [0.2, 0.25) is 0 Å². The maximum absolute atomic E-state index is 13.1. The second-order valence-corrected chi connectivity index (χ2v) is 9.40. The molecule has 0 aliphatic rings. The standard InChI is InChI=1S/C21H25ClN2O4S/c1-12(11-25)18-13(2)17-19(29-18)15(9-16(22)23-17)24(10-14-7-6-8-27-14)20(26)28-21(3,4)5/h6-9,12,25H,10-11H2,1-5H3. The molecule has 8 heteroatoms. The monoisotopic (exact) mass is 436 g/mol. The molecule has 0 saturated heterocycles. The highest BCUT2D eigenvalue weighted by Crippen LogP contribution is 2.41. The van der Waals surface area contributed by atoms with Crippen molar-refractivity contribution >= 4 is 44.9 Å². The first-order chi connectivity index (χ1) is 13.6. The van der Waals surface area contributed by atoms with Crippen LogP contribution in [-0.4, -0.2) is 28.4 Å². The molecule has 1 unspecified atom stereocenters. The van der Waals surface area contributed by atoms with Crippen LogP contribution in [0.25, 0.3) is 10.2 Å². The third-order valence-corrected chi connectivity index (χ3v) is 6.11. The van der Waals surface area contributed by atoms with E-state index in [1.807, 2.05) is 34.6 Å². The first-order valence-corrected chi connectivity index (χ1v) is 10.5. The molecule has 0 saturated carbocycles. The highest BCUT2D eigenvalue weighted by atomic mass is 35.5. The molecule has 1 amide bonds. The van der Waals surface area contributed by atoms with Gasteiger partial charge in [0.05, 0.1) is 35.3 Å². The van der Waals surface area contributed by atoms with E-state index < -0.39 is 11.7 Å². The quantitative estimate of drug-likeness (QED) is 0.504. The molecule has 0 radical (unpaired) electrons. The lowest BCUT2D eigenvalue weighted by atomic mass is 10.1. The number of hydrogen-bond donors (Lipinski definition) is 1. The zero-order chi connectivity index (χ0) is 21.3. The fourth-order valence-electron chi connectivity index (χ4n) is 3.02. The predicted molar refractivity (Wildman–Crippen MR) is 116 cm³/mol. The van der Waals surface area contributed by atoms with Gasteiger partial charge >= 0.3 is 6.09 Å². The van der Waals surface area contributed by atoms with E-state index in [0.29, 0.717) is 11.4 Å². The van der Waals surface area contributed by atoms with E-state index in [4.69, 9.17) is 20.8 Å². The van der Waals surface area contributed by atoms with Crippen LogP contribution in [-0.2, 0) is 11.3 Å². The first kappa shape index (κ1) is 21.6. The number of amides is 1. The van der Waals surface area contributed by atoms with Crippen molar-refractivity contribution in [3.63, 3.8) is 0 Å². The second-order valence-electron chi connectivity index (χ2n) is 7.96. The Hall–Kier alpha value is -2.09. The molecule has 3 rings (SSSR count). The van der Waals surface area contributed by atoms with Gasteiger partial charge in [-0.15, -0.1) is 11.3 Å². The molecule has 1 atom stereocenters. The molecule has 0 spiro atoms. The Morgan fingerprint density at radius 1 is 1.45 bits per heavy atom. The summed E-state index contributed by atoms with van der Waals surface area (Å²) in [5, 5.41) is 9.90. The highest BCUT2D eigenvalue weighted by Gasteiger charge is 2.28. The number of aromatic nitrogens is 1. The van der Waals surface area contributed by atoms with Crippen LogP contribution in [0.2, 0.25) is 5.15 Å². The van der Waals surface area contributed by atoms with Crippen molar-refractivity contribution in [3.05, 3.63) is 45.8 Å². The lowest BCUT2D eigenvalue weighted by molar-refractivity contribution is 0.0575. The molecule has 3 aromatic heterocycles. The molecule has 29 heavy (non-hydrogen) atoms. The fourth-order valence-corrected chi connectivity index (χ4v) is 4.53. The van der Waals surface area contributed by atoms with Gasteiger partial charge < -0.3 is 14.3 Å². The largest absolute Gasteiger partial charge is 0.467 e. The molecule has 6 nitrogen and oxygen atoms in total. The van der Waals surface area contributed by atoms with Gasteiger partial charge in [0.25, 0.3) is 0 Å². The molecule has 0 aliphatic carbocycles. The van der Waals surface area contributed by atoms with E-state index >= 15 is 0 Å². The van der Waals surface area contributed by atoms with Crippen molar-refractivity contribution < 1.29 is 19.1 Å². The number of rotatable bonds is 5. The topological polar surface area (TPSA) is 75.8 Å². The number of furan rings is 1. The van der Waals surface area contributed by atoms with Gasteiger partial charge in [-0.05, 0) is 45.4 Å². The molecular formula is C21H25ClN2O4S. The van der Waals surface area contributed by atoms with E-state index in [0.717, 1.165) is 20.7 Å². The zero-order valence-corrected chi connectivity index (χ0v) is 18.7. The summed E-state index contributed by atoms with van der Waals surface area (Å²) >= 11 is 7.83. The number of aliphatic hydroxyl groups excluding tert-OH is 1. The number of fused-ring (bicyclic) bond motifs is 1. The van der Waals surface area contributed by atoms with E-state index in [1.54, 1.807) is 24.5 Å². The number of halogens is 1. The SMILES string of the molecule is Cc1c(C(C)CO)sc2c(N(Cc3ccco3)C(=O)OC(C)(C)C)cc(Cl)nc12. The molecule has 1 N–H and O–H groups in total. The Bertz CT molecular complexity index is 1010. The third-order valence-electron chi connectivity index (χ3n) is 4.38. The average Bonchev–Trinajstić information content (AvgIpc) is 3.25. The Kier molecular flexibility index (Phi) is 6.22. The average molecular weight is 437 g/mol. The maximum Gasteiger partial charge on any atom is 0.415 e. The molecule has 3 aromatic rings. The number of carbonyl (C=O) groups excluding carboxylic acids is 1. The zero-order valence-electron chi connectivity index (χ0n) is 17.2. The minimum atomic E-state index is -0.656. The molecule has 0 bridgehead atoms. The van der Waals surface area contributed by atoms with Crippen LogP contribution >= 0.6 is 22.9 Å². The Morgan fingerprint density at radius 3 is 2.76 bits per heavy atom. The lowest BCUT2D eigenvalue weighted by Gasteiger charge is -2.27. The Morgan fingerprint density at radius 2 is 2.17 bits per heavy atom. The number of ether oxygens (including phenoxy) is 1. The number of aryl methyl sites for hydroxylation is 1. The van der Waals surface area contributed by atoms with Gasteiger partial charge in [-0.1, -0.05) is 18.5 Å². The maximum atomic E-state index is 13.1. The second kappa shape index (κ2) is 8.34. The number of hydrogen-bond acceptors (Lipinski definition) is 6. The van der Waals surface area contributed by atoms with Crippen molar-refractivity contribution in [2.45, 2.75) is 52.7 Å². The molecule has 0 fully saturated rings. The fraction of sp³-hybridized carbons (Fsp3) is 0.429. The molecule has 0 aliphatic heterocycles. The minimum absolute atomic E-state index is 0.0267. The number of aliphatic hydroxyl groups is 1. The Balaban J connectivity index is 2.16. The van der Waals surface area contributed by atoms with Crippen molar-refractivity contribution in [3.8, 4) is 0 Å². The van der Waals surface area contributed by atoms with Gasteiger partial charge in [0, 0.05) is 16.9 Å². The third kappa shape index (κ3) is 4.74. The summed E-state index contributed by atoms with van der Waals surface area (Å²) in [7, 11) is 0. The number of carbonyl (C=O) groups is 1. The summed E-state index contributed by atoms with van der Waals surface area (Å²) in [5.41, 5.74) is 1.63. The van der Waals surface area contributed by atoms with E-state index in [1.165, 1.54) is 16.2 Å². The highest BCUT2D eigenvalue weighted by molar-refractivity contribution is 7.20.